The maximum atomic E-state index is 12.6. The second-order valence-corrected chi connectivity index (χ2v) is 6.74. The van der Waals surface area contributed by atoms with Crippen LogP contribution in [-0.4, -0.2) is 23.3 Å². The zero-order chi connectivity index (χ0) is 18.0. The van der Waals surface area contributed by atoms with E-state index < -0.39 is 5.91 Å². The number of benzene rings is 1. The molecule has 0 radical (unpaired) electrons. The summed E-state index contributed by atoms with van der Waals surface area (Å²) in [6.07, 6.45) is 3.12. The van der Waals surface area contributed by atoms with E-state index in [1.165, 1.54) is 17.7 Å². The van der Waals surface area contributed by atoms with E-state index in [4.69, 9.17) is 0 Å². The molecule has 1 aromatic carbocycles. The lowest BCUT2D eigenvalue weighted by Gasteiger charge is -2.11. The molecule has 1 aliphatic rings. The van der Waals surface area contributed by atoms with Crippen molar-refractivity contribution in [1.29, 1.82) is 0 Å². The minimum Gasteiger partial charge on any atom is -0.355 e. The number of carbonyl (C=O) groups excluding carboxylic acids is 2. The van der Waals surface area contributed by atoms with Gasteiger partial charge < -0.3 is 9.88 Å². The molecule has 2 atom stereocenters. The molecule has 0 saturated heterocycles. The van der Waals surface area contributed by atoms with Crippen molar-refractivity contribution in [2.75, 3.05) is 7.05 Å². The molecule has 1 heterocycles. The lowest BCUT2D eigenvalue weighted by atomic mass is 10.0. The quantitative estimate of drug-likeness (QED) is 0.823. The molecule has 1 aromatic heterocycles. The molecule has 0 unspecified atom stereocenters. The summed E-state index contributed by atoms with van der Waals surface area (Å²) < 4.78 is 1.45. The van der Waals surface area contributed by atoms with Gasteiger partial charge in [0, 0.05) is 25.2 Å². The Balaban J connectivity index is 1.97. The number of rotatable bonds is 6. The summed E-state index contributed by atoms with van der Waals surface area (Å²) >= 11 is 0. The highest BCUT2D eigenvalue weighted by molar-refractivity contribution is 6.00. The van der Waals surface area contributed by atoms with Gasteiger partial charge in [-0.15, -0.1) is 0 Å². The summed E-state index contributed by atoms with van der Waals surface area (Å²) in [4.78, 5) is 37.3. The van der Waals surface area contributed by atoms with E-state index in [9.17, 15) is 14.4 Å². The first kappa shape index (κ1) is 17.1. The Bertz CT molecular complexity index is 855. The Morgan fingerprint density at radius 3 is 2.52 bits per heavy atom. The van der Waals surface area contributed by atoms with Crippen LogP contribution in [0.1, 0.15) is 46.0 Å². The molecule has 2 aromatic rings. The number of nitrogens with zero attached hydrogens (tertiary/aromatic N) is 1. The van der Waals surface area contributed by atoms with E-state index in [-0.39, 0.29) is 16.9 Å². The van der Waals surface area contributed by atoms with Crippen LogP contribution in [-0.2, 0) is 6.54 Å². The standard InChI is InChI=1S/C20H22N2O3/c1-13-8-15(13)10-18(23)16-9-17(19(24)21-2)20(25)22(12-16)11-14-6-4-3-5-7-14/h3-7,9,12-13,15H,8,10-11H2,1-2H3,(H,21,24)/t13-,15+/m1/s1. The molecule has 5 heteroatoms. The molecular formula is C20H22N2O3. The summed E-state index contributed by atoms with van der Waals surface area (Å²) in [5.74, 6) is 0.519. The number of Topliss-reactive ketones (excluding diaryl/α,β-unsaturated/α-hetero) is 1. The number of hydrogen-bond acceptors (Lipinski definition) is 3. The number of carbonyl (C=O) groups is 2. The number of aromatic nitrogens is 1. The van der Waals surface area contributed by atoms with Crippen molar-refractivity contribution in [3.8, 4) is 0 Å². The largest absolute Gasteiger partial charge is 0.355 e. The van der Waals surface area contributed by atoms with Gasteiger partial charge in [-0.2, -0.15) is 0 Å². The van der Waals surface area contributed by atoms with Crippen LogP contribution in [0.15, 0.2) is 47.4 Å². The van der Waals surface area contributed by atoms with Gasteiger partial charge >= 0.3 is 0 Å². The zero-order valence-corrected chi connectivity index (χ0v) is 14.5. The van der Waals surface area contributed by atoms with Gasteiger partial charge in [0.2, 0.25) is 0 Å². The Hall–Kier alpha value is -2.69. The first-order valence-corrected chi connectivity index (χ1v) is 8.53. The van der Waals surface area contributed by atoms with Gasteiger partial charge in [0.05, 0.1) is 6.54 Å². The maximum Gasteiger partial charge on any atom is 0.263 e. The van der Waals surface area contributed by atoms with Crippen molar-refractivity contribution in [3.05, 3.63) is 69.6 Å². The van der Waals surface area contributed by atoms with E-state index in [1.54, 1.807) is 6.20 Å². The predicted molar refractivity (Wildman–Crippen MR) is 95.9 cm³/mol. The number of amides is 1. The van der Waals surface area contributed by atoms with E-state index in [1.807, 2.05) is 30.3 Å². The molecule has 1 saturated carbocycles. The fraction of sp³-hybridized carbons (Fsp3) is 0.350. The average molecular weight is 338 g/mol. The summed E-state index contributed by atoms with van der Waals surface area (Å²) in [6.45, 7) is 2.45. The maximum absolute atomic E-state index is 12.6. The lowest BCUT2D eigenvalue weighted by molar-refractivity contribution is 0.0961. The monoisotopic (exact) mass is 338 g/mol. The molecule has 0 bridgehead atoms. The predicted octanol–water partition coefficient (Wildman–Crippen LogP) is 2.49. The summed E-state index contributed by atoms with van der Waals surface area (Å²) in [7, 11) is 1.48. The molecule has 25 heavy (non-hydrogen) atoms. The van der Waals surface area contributed by atoms with Gasteiger partial charge in [0.25, 0.3) is 11.5 Å². The summed E-state index contributed by atoms with van der Waals surface area (Å²) in [6, 6.07) is 10.9. The lowest BCUT2D eigenvalue weighted by Crippen LogP contribution is -2.32. The first-order valence-electron chi connectivity index (χ1n) is 8.53. The van der Waals surface area contributed by atoms with Crippen LogP contribution in [0.5, 0.6) is 0 Å². The number of pyridine rings is 1. The van der Waals surface area contributed by atoms with Gasteiger partial charge in [0.1, 0.15) is 5.56 Å². The highest BCUT2D eigenvalue weighted by Crippen LogP contribution is 2.41. The van der Waals surface area contributed by atoms with E-state index >= 15 is 0 Å². The fourth-order valence-corrected chi connectivity index (χ4v) is 3.02. The third-order valence-corrected chi connectivity index (χ3v) is 4.80. The van der Waals surface area contributed by atoms with Crippen LogP contribution in [0.25, 0.3) is 0 Å². The molecule has 1 amide bonds. The molecule has 1 aliphatic carbocycles. The molecule has 0 spiro atoms. The molecule has 3 rings (SSSR count). The molecule has 0 aliphatic heterocycles. The summed E-state index contributed by atoms with van der Waals surface area (Å²) in [5.41, 5.74) is 0.980. The molecule has 1 N–H and O–H groups in total. The van der Waals surface area contributed by atoms with Crippen molar-refractivity contribution >= 4 is 11.7 Å². The molecular weight excluding hydrogens is 316 g/mol. The van der Waals surface area contributed by atoms with Crippen molar-refractivity contribution in [2.24, 2.45) is 11.8 Å². The molecule has 1 fully saturated rings. The second-order valence-electron chi connectivity index (χ2n) is 6.74. The van der Waals surface area contributed by atoms with Crippen LogP contribution >= 0.6 is 0 Å². The smallest absolute Gasteiger partial charge is 0.263 e. The second kappa shape index (κ2) is 7.05. The van der Waals surface area contributed by atoms with Crippen molar-refractivity contribution in [2.45, 2.75) is 26.3 Å². The van der Waals surface area contributed by atoms with Crippen LogP contribution < -0.4 is 10.9 Å². The van der Waals surface area contributed by atoms with Crippen LogP contribution in [0.3, 0.4) is 0 Å². The van der Waals surface area contributed by atoms with Crippen molar-refractivity contribution in [1.82, 2.24) is 9.88 Å². The number of ketones is 1. The molecule has 5 nitrogen and oxygen atoms in total. The van der Waals surface area contributed by atoms with Crippen LogP contribution in [0, 0.1) is 11.8 Å². The van der Waals surface area contributed by atoms with Crippen molar-refractivity contribution < 1.29 is 9.59 Å². The Labute approximate surface area is 146 Å². The van der Waals surface area contributed by atoms with Gasteiger partial charge in [-0.1, -0.05) is 37.3 Å². The summed E-state index contributed by atoms with van der Waals surface area (Å²) in [5, 5.41) is 2.48. The zero-order valence-electron chi connectivity index (χ0n) is 14.5. The minimum absolute atomic E-state index is 0.00752. The Morgan fingerprint density at radius 1 is 1.24 bits per heavy atom. The van der Waals surface area contributed by atoms with Gasteiger partial charge in [-0.3, -0.25) is 14.4 Å². The third-order valence-electron chi connectivity index (χ3n) is 4.80. The molecule has 130 valence electrons. The average Bonchev–Trinajstić information content (AvgIpc) is 3.31. The van der Waals surface area contributed by atoms with Gasteiger partial charge in [-0.25, -0.2) is 0 Å². The Kier molecular flexibility index (Phi) is 4.83. The normalized spacial score (nSPS) is 18.6. The van der Waals surface area contributed by atoms with Crippen molar-refractivity contribution in [3.63, 3.8) is 0 Å². The van der Waals surface area contributed by atoms with E-state index in [0.717, 1.165) is 12.0 Å². The third kappa shape index (κ3) is 3.87. The van der Waals surface area contributed by atoms with Crippen LogP contribution in [0.2, 0.25) is 0 Å². The van der Waals surface area contributed by atoms with Gasteiger partial charge in [0.15, 0.2) is 5.78 Å². The highest BCUT2D eigenvalue weighted by atomic mass is 16.2. The van der Waals surface area contributed by atoms with Gasteiger partial charge in [-0.05, 0) is 29.9 Å². The first-order chi connectivity index (χ1) is 12.0. The number of nitrogens with one attached hydrogen (secondary N) is 1. The fourth-order valence-electron chi connectivity index (χ4n) is 3.02. The Morgan fingerprint density at radius 2 is 1.92 bits per heavy atom. The van der Waals surface area contributed by atoms with Crippen LogP contribution in [0.4, 0.5) is 0 Å². The number of hydrogen-bond donors (Lipinski definition) is 1. The SMILES string of the molecule is CNC(=O)c1cc(C(=O)C[C@@H]2C[C@H]2C)cn(Cc2ccccc2)c1=O. The highest BCUT2D eigenvalue weighted by Gasteiger charge is 2.34. The minimum atomic E-state index is -0.471. The topological polar surface area (TPSA) is 68.2 Å². The van der Waals surface area contributed by atoms with E-state index in [2.05, 4.69) is 12.2 Å². The van der Waals surface area contributed by atoms with E-state index in [0.29, 0.717) is 30.4 Å².